The molecule has 0 radical (unpaired) electrons. The predicted molar refractivity (Wildman–Crippen MR) is 101 cm³/mol. The molecule has 130 valence electrons. The van der Waals surface area contributed by atoms with Crippen molar-refractivity contribution in [2.24, 2.45) is 0 Å². The van der Waals surface area contributed by atoms with E-state index in [2.05, 4.69) is 41.5 Å². The number of nitrogens with zero attached hydrogens (tertiary/aromatic N) is 3. The van der Waals surface area contributed by atoms with Gasteiger partial charge >= 0.3 is 0 Å². The zero-order valence-corrected chi connectivity index (χ0v) is 15.3. The maximum absolute atomic E-state index is 5.61. The van der Waals surface area contributed by atoms with Crippen LogP contribution in [0.15, 0.2) is 35.7 Å². The van der Waals surface area contributed by atoms with E-state index in [0.29, 0.717) is 6.61 Å². The molecule has 0 N–H and O–H groups in total. The van der Waals surface area contributed by atoms with E-state index in [4.69, 9.17) is 19.4 Å². The number of anilines is 1. The van der Waals surface area contributed by atoms with Crippen LogP contribution in [0.5, 0.6) is 0 Å². The first kappa shape index (κ1) is 16.4. The van der Waals surface area contributed by atoms with Crippen molar-refractivity contribution in [2.45, 2.75) is 19.6 Å². The van der Waals surface area contributed by atoms with Crippen molar-refractivity contribution in [1.29, 1.82) is 0 Å². The Kier molecular flexibility index (Phi) is 4.65. The van der Waals surface area contributed by atoms with E-state index >= 15 is 0 Å². The summed E-state index contributed by atoms with van der Waals surface area (Å²) in [7, 11) is 1.68. The van der Waals surface area contributed by atoms with E-state index in [1.807, 2.05) is 6.07 Å². The summed E-state index contributed by atoms with van der Waals surface area (Å²) in [4.78, 5) is 12.9. The van der Waals surface area contributed by atoms with E-state index < -0.39 is 0 Å². The first-order chi connectivity index (χ1) is 12.3. The van der Waals surface area contributed by atoms with Gasteiger partial charge < -0.3 is 14.4 Å². The summed E-state index contributed by atoms with van der Waals surface area (Å²) < 4.78 is 10.9. The van der Waals surface area contributed by atoms with Gasteiger partial charge in [-0.15, -0.1) is 11.3 Å². The quantitative estimate of drug-likeness (QED) is 0.714. The largest absolute Gasteiger partial charge is 0.377 e. The van der Waals surface area contributed by atoms with Crippen LogP contribution in [0, 0.1) is 0 Å². The minimum Gasteiger partial charge on any atom is -0.377 e. The third-order valence-electron chi connectivity index (χ3n) is 4.46. The lowest BCUT2D eigenvalue weighted by molar-refractivity contribution is 0.0986. The van der Waals surface area contributed by atoms with E-state index in [-0.39, 0.29) is 6.04 Å². The molecule has 1 fully saturated rings. The molecule has 3 aromatic rings. The standard InChI is InChI=1S/C19H21N3O2S/c1-13-10-24-9-8-22(13)18-17-15(14-6-4-3-5-7-14)12-25-19(17)21-16(20-18)11-23-2/h3-7,12-13H,8-11H2,1-2H3. The van der Waals surface area contributed by atoms with Crippen LogP contribution in [-0.2, 0) is 16.1 Å². The van der Waals surface area contributed by atoms with Crippen LogP contribution in [0.2, 0.25) is 0 Å². The average Bonchev–Trinajstić information content (AvgIpc) is 3.07. The summed E-state index contributed by atoms with van der Waals surface area (Å²) in [5.74, 6) is 1.72. The van der Waals surface area contributed by atoms with Gasteiger partial charge in [-0.1, -0.05) is 30.3 Å². The zero-order chi connectivity index (χ0) is 17.2. The Morgan fingerprint density at radius 2 is 2.12 bits per heavy atom. The smallest absolute Gasteiger partial charge is 0.158 e. The molecule has 2 aromatic heterocycles. The fourth-order valence-corrected chi connectivity index (χ4v) is 4.20. The molecule has 0 saturated carbocycles. The SMILES string of the molecule is COCc1nc(N2CCOCC2C)c2c(-c3ccccc3)csc2n1. The number of benzene rings is 1. The highest BCUT2D eigenvalue weighted by Crippen LogP contribution is 2.39. The van der Waals surface area contributed by atoms with Gasteiger partial charge in [0, 0.05) is 24.6 Å². The van der Waals surface area contributed by atoms with Crippen LogP contribution in [-0.4, -0.2) is 42.9 Å². The molecule has 25 heavy (non-hydrogen) atoms. The van der Waals surface area contributed by atoms with Crippen LogP contribution >= 0.6 is 11.3 Å². The van der Waals surface area contributed by atoms with Gasteiger partial charge in [-0.05, 0) is 12.5 Å². The maximum atomic E-state index is 5.61. The molecule has 0 spiro atoms. The minimum atomic E-state index is 0.283. The Hall–Kier alpha value is -2.02. The lowest BCUT2D eigenvalue weighted by Crippen LogP contribution is -2.44. The van der Waals surface area contributed by atoms with Crippen molar-refractivity contribution >= 4 is 27.4 Å². The van der Waals surface area contributed by atoms with Crippen molar-refractivity contribution in [3.05, 3.63) is 41.5 Å². The fraction of sp³-hybridized carbons (Fsp3) is 0.368. The Bertz CT molecular complexity index is 866. The molecule has 3 heterocycles. The molecule has 1 atom stereocenters. The minimum absolute atomic E-state index is 0.283. The zero-order valence-electron chi connectivity index (χ0n) is 14.4. The summed E-state index contributed by atoms with van der Waals surface area (Å²) in [6, 6.07) is 10.7. The number of fused-ring (bicyclic) bond motifs is 1. The molecule has 0 aliphatic carbocycles. The number of hydrogen-bond donors (Lipinski definition) is 0. The highest BCUT2D eigenvalue weighted by molar-refractivity contribution is 7.17. The number of thiophene rings is 1. The number of ether oxygens (including phenoxy) is 2. The molecule has 1 aliphatic rings. The second-order valence-corrected chi connectivity index (χ2v) is 7.07. The van der Waals surface area contributed by atoms with Gasteiger partial charge in [0.05, 0.1) is 24.6 Å². The second-order valence-electron chi connectivity index (χ2n) is 6.21. The third-order valence-corrected chi connectivity index (χ3v) is 5.33. The first-order valence-corrected chi connectivity index (χ1v) is 9.32. The summed E-state index contributed by atoms with van der Waals surface area (Å²) in [5, 5.41) is 3.31. The highest BCUT2D eigenvalue weighted by atomic mass is 32.1. The fourth-order valence-electron chi connectivity index (χ4n) is 3.24. The summed E-state index contributed by atoms with van der Waals surface area (Å²) in [6.07, 6.45) is 0. The lowest BCUT2D eigenvalue weighted by Gasteiger charge is -2.35. The molecule has 1 aromatic carbocycles. The van der Waals surface area contributed by atoms with E-state index in [9.17, 15) is 0 Å². The maximum Gasteiger partial charge on any atom is 0.158 e. The lowest BCUT2D eigenvalue weighted by atomic mass is 10.1. The van der Waals surface area contributed by atoms with Gasteiger partial charge in [-0.25, -0.2) is 9.97 Å². The summed E-state index contributed by atoms with van der Waals surface area (Å²) in [6.45, 7) is 4.87. The third kappa shape index (κ3) is 3.13. The van der Waals surface area contributed by atoms with Gasteiger partial charge in [0.25, 0.3) is 0 Å². The van der Waals surface area contributed by atoms with Crippen molar-refractivity contribution < 1.29 is 9.47 Å². The van der Waals surface area contributed by atoms with Gasteiger partial charge in [0.1, 0.15) is 17.3 Å². The van der Waals surface area contributed by atoms with Gasteiger partial charge in [0.2, 0.25) is 0 Å². The predicted octanol–water partition coefficient (Wildman–Crippen LogP) is 3.73. The van der Waals surface area contributed by atoms with Crippen molar-refractivity contribution in [2.75, 3.05) is 31.8 Å². The number of methoxy groups -OCH3 is 1. The van der Waals surface area contributed by atoms with Crippen LogP contribution in [0.4, 0.5) is 5.82 Å². The molecular formula is C19H21N3O2S. The molecular weight excluding hydrogens is 334 g/mol. The molecule has 1 saturated heterocycles. The summed E-state index contributed by atoms with van der Waals surface area (Å²) in [5.41, 5.74) is 2.39. The summed E-state index contributed by atoms with van der Waals surface area (Å²) >= 11 is 1.66. The van der Waals surface area contributed by atoms with Crippen molar-refractivity contribution in [1.82, 2.24) is 9.97 Å². The van der Waals surface area contributed by atoms with Crippen LogP contribution in [0.1, 0.15) is 12.7 Å². The Morgan fingerprint density at radius 1 is 1.28 bits per heavy atom. The molecule has 6 heteroatoms. The molecule has 1 unspecified atom stereocenters. The van der Waals surface area contributed by atoms with E-state index in [1.54, 1.807) is 18.4 Å². The molecule has 4 rings (SSSR count). The van der Waals surface area contributed by atoms with Crippen LogP contribution in [0.3, 0.4) is 0 Å². The number of aromatic nitrogens is 2. The molecule has 0 amide bonds. The van der Waals surface area contributed by atoms with E-state index in [0.717, 1.165) is 41.6 Å². The van der Waals surface area contributed by atoms with Gasteiger partial charge in [0.15, 0.2) is 5.82 Å². The number of hydrogen-bond acceptors (Lipinski definition) is 6. The number of morpholine rings is 1. The topological polar surface area (TPSA) is 47.5 Å². The first-order valence-electron chi connectivity index (χ1n) is 8.45. The Balaban J connectivity index is 1.92. The second kappa shape index (κ2) is 7.07. The highest BCUT2D eigenvalue weighted by Gasteiger charge is 2.25. The monoisotopic (exact) mass is 355 g/mol. The van der Waals surface area contributed by atoms with Crippen molar-refractivity contribution in [3.8, 4) is 11.1 Å². The molecule has 0 bridgehead atoms. The van der Waals surface area contributed by atoms with Gasteiger partial charge in [-0.2, -0.15) is 0 Å². The van der Waals surface area contributed by atoms with Crippen LogP contribution in [0.25, 0.3) is 21.3 Å². The number of rotatable bonds is 4. The van der Waals surface area contributed by atoms with Crippen LogP contribution < -0.4 is 4.90 Å². The van der Waals surface area contributed by atoms with Gasteiger partial charge in [-0.3, -0.25) is 0 Å². The van der Waals surface area contributed by atoms with E-state index in [1.165, 1.54) is 11.1 Å². The normalized spacial score (nSPS) is 18.0. The Morgan fingerprint density at radius 3 is 2.88 bits per heavy atom. The Labute approximate surface area is 151 Å². The molecule has 5 nitrogen and oxygen atoms in total. The van der Waals surface area contributed by atoms with Crippen molar-refractivity contribution in [3.63, 3.8) is 0 Å². The average molecular weight is 355 g/mol. The molecule has 1 aliphatic heterocycles.